The predicted molar refractivity (Wildman–Crippen MR) is 89.0 cm³/mol. The molecule has 2 aromatic rings. The van der Waals surface area contributed by atoms with Crippen LogP contribution in [0.2, 0.25) is 0 Å². The average Bonchev–Trinajstić information content (AvgIpc) is 2.60. The van der Waals surface area contributed by atoms with Gasteiger partial charge in [0, 0.05) is 29.9 Å². The number of carbonyl (C=O) groups is 2. The smallest absolute Gasteiger partial charge is 0.270 e. The summed E-state index contributed by atoms with van der Waals surface area (Å²) in [5.74, 6) is -1.10. The lowest BCUT2D eigenvalue weighted by atomic mass is 10.1. The third kappa shape index (κ3) is 4.62. The van der Waals surface area contributed by atoms with Crippen molar-refractivity contribution in [1.29, 1.82) is 0 Å². The second-order valence-corrected chi connectivity index (χ2v) is 5.49. The summed E-state index contributed by atoms with van der Waals surface area (Å²) < 4.78 is 13.5. The van der Waals surface area contributed by atoms with Gasteiger partial charge in [0.2, 0.25) is 0 Å². The van der Waals surface area contributed by atoms with E-state index in [1.165, 1.54) is 18.3 Å². The zero-order valence-electron chi connectivity index (χ0n) is 13.7. The molecule has 2 rings (SSSR count). The molecule has 1 atom stereocenters. The summed E-state index contributed by atoms with van der Waals surface area (Å²) in [5, 5.41) is 5.43. The van der Waals surface area contributed by atoms with Crippen molar-refractivity contribution >= 4 is 11.8 Å². The highest BCUT2D eigenvalue weighted by atomic mass is 19.1. The summed E-state index contributed by atoms with van der Waals surface area (Å²) in [5.41, 5.74) is 0.862. The van der Waals surface area contributed by atoms with Gasteiger partial charge in [0.05, 0.1) is 0 Å². The Morgan fingerprint density at radius 3 is 2.67 bits per heavy atom. The number of carbonyl (C=O) groups excluding carboxylic acids is 2. The van der Waals surface area contributed by atoms with Crippen molar-refractivity contribution in [3.63, 3.8) is 0 Å². The van der Waals surface area contributed by atoms with E-state index < -0.39 is 5.91 Å². The minimum absolute atomic E-state index is 0.0454. The Hall–Kier alpha value is -2.76. The number of halogens is 1. The summed E-state index contributed by atoms with van der Waals surface area (Å²) in [7, 11) is 0. The summed E-state index contributed by atoms with van der Waals surface area (Å²) >= 11 is 0. The molecule has 2 amide bonds. The summed E-state index contributed by atoms with van der Waals surface area (Å²) in [6, 6.07) is 9.23. The molecule has 0 bridgehead atoms. The Bertz CT molecular complexity index is 734. The Morgan fingerprint density at radius 2 is 1.96 bits per heavy atom. The molecule has 0 spiro atoms. The molecule has 1 unspecified atom stereocenters. The lowest BCUT2D eigenvalue weighted by Crippen LogP contribution is -2.32. The van der Waals surface area contributed by atoms with Gasteiger partial charge in [-0.3, -0.25) is 14.6 Å². The number of hydrogen-bond donors (Lipinski definition) is 2. The van der Waals surface area contributed by atoms with Crippen molar-refractivity contribution in [3.05, 3.63) is 65.2 Å². The molecule has 0 aliphatic carbocycles. The van der Waals surface area contributed by atoms with E-state index in [1.807, 2.05) is 13.8 Å². The molecule has 0 saturated heterocycles. The molecule has 24 heavy (non-hydrogen) atoms. The van der Waals surface area contributed by atoms with Crippen molar-refractivity contribution < 1.29 is 14.0 Å². The molecule has 0 radical (unpaired) electrons. The van der Waals surface area contributed by atoms with Gasteiger partial charge < -0.3 is 10.6 Å². The molecule has 1 heterocycles. The lowest BCUT2D eigenvalue weighted by molar-refractivity contribution is 0.0939. The van der Waals surface area contributed by atoms with E-state index in [-0.39, 0.29) is 30.0 Å². The molecule has 6 heteroatoms. The fourth-order valence-corrected chi connectivity index (χ4v) is 2.01. The number of pyridine rings is 1. The highest BCUT2D eigenvalue weighted by molar-refractivity contribution is 5.98. The summed E-state index contributed by atoms with van der Waals surface area (Å²) in [6.07, 6.45) is 2.22. The molecular weight excluding hydrogens is 309 g/mol. The van der Waals surface area contributed by atoms with E-state index in [0.717, 1.165) is 6.42 Å². The van der Waals surface area contributed by atoms with E-state index >= 15 is 0 Å². The van der Waals surface area contributed by atoms with Gasteiger partial charge in [-0.25, -0.2) is 4.39 Å². The molecule has 0 saturated carbocycles. The SMILES string of the molecule is CCC(C)NC(=O)c1ccnc(C(=O)NCc2ccccc2F)c1. The van der Waals surface area contributed by atoms with Crippen molar-refractivity contribution in [2.24, 2.45) is 0 Å². The Labute approximate surface area is 140 Å². The molecule has 0 aliphatic rings. The van der Waals surface area contributed by atoms with Crippen LogP contribution in [0, 0.1) is 5.82 Å². The van der Waals surface area contributed by atoms with Crippen LogP contribution < -0.4 is 10.6 Å². The number of aromatic nitrogens is 1. The number of benzene rings is 1. The highest BCUT2D eigenvalue weighted by Gasteiger charge is 2.13. The molecule has 2 N–H and O–H groups in total. The highest BCUT2D eigenvalue weighted by Crippen LogP contribution is 2.07. The van der Waals surface area contributed by atoms with Gasteiger partial charge in [0.15, 0.2) is 0 Å². The van der Waals surface area contributed by atoms with Crippen LogP contribution in [0.25, 0.3) is 0 Å². The number of rotatable bonds is 6. The maximum atomic E-state index is 13.5. The fourth-order valence-electron chi connectivity index (χ4n) is 2.01. The first-order valence-corrected chi connectivity index (χ1v) is 7.79. The Kier molecular flexibility index (Phi) is 6.01. The second-order valence-electron chi connectivity index (χ2n) is 5.49. The Balaban J connectivity index is 2.03. The number of nitrogens with zero attached hydrogens (tertiary/aromatic N) is 1. The quantitative estimate of drug-likeness (QED) is 0.856. The maximum absolute atomic E-state index is 13.5. The van der Waals surface area contributed by atoms with Crippen molar-refractivity contribution in [2.75, 3.05) is 0 Å². The maximum Gasteiger partial charge on any atom is 0.270 e. The summed E-state index contributed by atoms with van der Waals surface area (Å²) in [6.45, 7) is 3.93. The summed E-state index contributed by atoms with van der Waals surface area (Å²) in [4.78, 5) is 28.2. The van der Waals surface area contributed by atoms with E-state index in [9.17, 15) is 14.0 Å². The van der Waals surface area contributed by atoms with Gasteiger partial charge in [0.25, 0.3) is 11.8 Å². The van der Waals surface area contributed by atoms with E-state index in [0.29, 0.717) is 11.1 Å². The van der Waals surface area contributed by atoms with Crippen LogP contribution in [-0.4, -0.2) is 22.8 Å². The van der Waals surface area contributed by atoms with Gasteiger partial charge in [-0.1, -0.05) is 25.1 Å². The first-order valence-electron chi connectivity index (χ1n) is 7.79. The fraction of sp³-hybridized carbons (Fsp3) is 0.278. The van der Waals surface area contributed by atoms with Crippen LogP contribution >= 0.6 is 0 Å². The minimum atomic E-state index is -0.462. The monoisotopic (exact) mass is 329 g/mol. The molecule has 126 valence electrons. The third-order valence-corrected chi connectivity index (χ3v) is 3.64. The van der Waals surface area contributed by atoms with Crippen LogP contribution in [0.1, 0.15) is 46.7 Å². The molecule has 0 fully saturated rings. The van der Waals surface area contributed by atoms with E-state index in [4.69, 9.17) is 0 Å². The van der Waals surface area contributed by atoms with Crippen molar-refractivity contribution in [1.82, 2.24) is 15.6 Å². The first-order chi connectivity index (χ1) is 11.5. The van der Waals surface area contributed by atoms with Crippen LogP contribution in [0.4, 0.5) is 4.39 Å². The molecule has 0 aliphatic heterocycles. The average molecular weight is 329 g/mol. The standard InChI is InChI=1S/C18H20FN3O2/c1-3-12(2)22-17(23)13-8-9-20-16(10-13)18(24)21-11-14-6-4-5-7-15(14)19/h4-10,12H,3,11H2,1-2H3,(H,21,24)(H,22,23). The molecular formula is C18H20FN3O2. The third-order valence-electron chi connectivity index (χ3n) is 3.64. The van der Waals surface area contributed by atoms with Crippen LogP contribution in [0.3, 0.4) is 0 Å². The first kappa shape index (κ1) is 17.6. The topological polar surface area (TPSA) is 71.1 Å². The number of hydrogen-bond acceptors (Lipinski definition) is 3. The van der Waals surface area contributed by atoms with Crippen LogP contribution in [0.5, 0.6) is 0 Å². The Morgan fingerprint density at radius 1 is 1.21 bits per heavy atom. The predicted octanol–water partition coefficient (Wildman–Crippen LogP) is 2.68. The normalized spacial score (nSPS) is 11.6. The molecule has 1 aromatic heterocycles. The van der Waals surface area contributed by atoms with Gasteiger partial charge in [-0.2, -0.15) is 0 Å². The second kappa shape index (κ2) is 8.19. The lowest BCUT2D eigenvalue weighted by Gasteiger charge is -2.11. The zero-order valence-corrected chi connectivity index (χ0v) is 13.7. The van der Waals surface area contributed by atoms with Gasteiger partial charge >= 0.3 is 0 Å². The van der Waals surface area contributed by atoms with E-state index in [1.54, 1.807) is 24.3 Å². The van der Waals surface area contributed by atoms with Gasteiger partial charge in [-0.15, -0.1) is 0 Å². The molecule has 5 nitrogen and oxygen atoms in total. The molecule has 1 aromatic carbocycles. The van der Waals surface area contributed by atoms with Crippen molar-refractivity contribution in [2.45, 2.75) is 32.9 Å². The minimum Gasteiger partial charge on any atom is -0.350 e. The largest absolute Gasteiger partial charge is 0.350 e. The number of amides is 2. The van der Waals surface area contributed by atoms with Gasteiger partial charge in [0.1, 0.15) is 11.5 Å². The van der Waals surface area contributed by atoms with Crippen LogP contribution in [-0.2, 0) is 6.54 Å². The van der Waals surface area contributed by atoms with E-state index in [2.05, 4.69) is 15.6 Å². The van der Waals surface area contributed by atoms with Gasteiger partial charge in [-0.05, 0) is 31.5 Å². The van der Waals surface area contributed by atoms with Crippen LogP contribution in [0.15, 0.2) is 42.6 Å². The zero-order chi connectivity index (χ0) is 17.5. The van der Waals surface area contributed by atoms with Crippen molar-refractivity contribution in [3.8, 4) is 0 Å². The number of nitrogens with one attached hydrogen (secondary N) is 2.